The van der Waals surface area contributed by atoms with E-state index in [-0.39, 0.29) is 5.56 Å². The minimum Gasteiger partial charge on any atom is -0.242 e. The molecule has 2 nitrogen and oxygen atoms in total. The first-order valence-corrected chi connectivity index (χ1v) is 7.12. The first kappa shape index (κ1) is 17.1. The summed E-state index contributed by atoms with van der Waals surface area (Å²) in [5.74, 6) is -0.967. The fourth-order valence-corrected chi connectivity index (χ4v) is 2.26. The van der Waals surface area contributed by atoms with Gasteiger partial charge in [-0.25, -0.2) is 13.3 Å². The highest BCUT2D eigenvalue weighted by atomic mass is 32.2. The Labute approximate surface area is 118 Å². The first-order chi connectivity index (χ1) is 8.93. The van der Waals surface area contributed by atoms with Gasteiger partial charge in [-0.1, -0.05) is 6.07 Å². The first-order valence-electron chi connectivity index (χ1n) is 5.97. The maximum atomic E-state index is 13.7. The molecule has 0 fully saturated rings. The molecule has 1 aromatic carbocycles. The monoisotopic (exact) mass is 311 g/mol. The molecule has 0 aromatic heterocycles. The Balaban J connectivity index is 2.96. The summed E-state index contributed by atoms with van der Waals surface area (Å²) in [6.45, 7) is 6.78. The Bertz CT molecular complexity index is 508. The molecule has 0 amide bonds. The van der Waals surface area contributed by atoms with Crippen molar-refractivity contribution in [3.63, 3.8) is 0 Å². The molecule has 0 saturated carbocycles. The van der Waals surface area contributed by atoms with Crippen LogP contribution in [0.15, 0.2) is 18.2 Å². The van der Waals surface area contributed by atoms with Crippen molar-refractivity contribution in [3.05, 3.63) is 35.1 Å². The van der Waals surface area contributed by atoms with Gasteiger partial charge in [-0.2, -0.15) is 13.2 Å². The lowest BCUT2D eigenvalue weighted by Gasteiger charge is -2.22. The summed E-state index contributed by atoms with van der Waals surface area (Å²) in [5.41, 5.74) is -0.988. The van der Waals surface area contributed by atoms with Gasteiger partial charge < -0.3 is 0 Å². The average molecular weight is 311 g/mol. The highest BCUT2D eigenvalue weighted by Gasteiger charge is 2.31. The van der Waals surface area contributed by atoms with E-state index in [1.165, 1.54) is 0 Å². The van der Waals surface area contributed by atoms with Crippen LogP contribution in [0.4, 0.5) is 17.6 Å². The zero-order valence-corrected chi connectivity index (χ0v) is 12.5. The van der Waals surface area contributed by atoms with E-state index in [1.807, 2.05) is 0 Å². The molecule has 1 aromatic rings. The van der Waals surface area contributed by atoms with Crippen molar-refractivity contribution in [1.82, 2.24) is 4.72 Å². The Morgan fingerprint density at radius 2 is 1.75 bits per heavy atom. The van der Waals surface area contributed by atoms with Gasteiger partial charge in [0.15, 0.2) is 0 Å². The number of halogens is 4. The smallest absolute Gasteiger partial charge is 0.242 e. The van der Waals surface area contributed by atoms with Crippen LogP contribution < -0.4 is 4.72 Å². The largest absolute Gasteiger partial charge is 0.416 e. The highest BCUT2D eigenvalue weighted by molar-refractivity contribution is 7.84. The second kappa shape index (κ2) is 5.81. The van der Waals surface area contributed by atoms with Gasteiger partial charge in [-0.3, -0.25) is 0 Å². The van der Waals surface area contributed by atoms with Crippen molar-refractivity contribution < 1.29 is 21.8 Å². The van der Waals surface area contributed by atoms with Crippen LogP contribution in [0.2, 0.25) is 0 Å². The maximum Gasteiger partial charge on any atom is 0.416 e. The van der Waals surface area contributed by atoms with E-state index in [0.717, 1.165) is 12.1 Å². The van der Waals surface area contributed by atoms with Crippen LogP contribution in [0.25, 0.3) is 0 Å². The van der Waals surface area contributed by atoms with Gasteiger partial charge in [0.1, 0.15) is 5.82 Å². The summed E-state index contributed by atoms with van der Waals surface area (Å²) in [6.07, 6.45) is -4.58. The molecule has 0 heterocycles. The van der Waals surface area contributed by atoms with Crippen molar-refractivity contribution >= 4 is 11.0 Å². The second-order valence-corrected chi connectivity index (χ2v) is 7.45. The second-order valence-electron chi connectivity index (χ2n) is 5.45. The molecular formula is C13H17F4NOS. The fourth-order valence-electron chi connectivity index (χ4n) is 1.46. The molecule has 1 rings (SSSR count). The highest BCUT2D eigenvalue weighted by Crippen LogP contribution is 2.31. The van der Waals surface area contributed by atoms with Crippen molar-refractivity contribution in [2.75, 3.05) is 0 Å². The van der Waals surface area contributed by atoms with Crippen molar-refractivity contribution in [2.24, 2.45) is 0 Å². The number of rotatable bonds is 3. The Hall–Kier alpha value is -0.950. The van der Waals surface area contributed by atoms with Crippen LogP contribution >= 0.6 is 0 Å². The summed E-state index contributed by atoms with van der Waals surface area (Å²) in [4.78, 5) is 0. The number of benzene rings is 1. The molecule has 0 bridgehead atoms. The molecule has 0 aliphatic carbocycles. The molecule has 0 spiro atoms. The van der Waals surface area contributed by atoms with Gasteiger partial charge >= 0.3 is 6.18 Å². The third-order valence-corrected chi connectivity index (χ3v) is 4.31. The van der Waals surface area contributed by atoms with Crippen molar-refractivity contribution in [3.8, 4) is 0 Å². The fraction of sp³-hybridized carbons (Fsp3) is 0.538. The van der Waals surface area contributed by atoms with Gasteiger partial charge in [0.25, 0.3) is 0 Å². The van der Waals surface area contributed by atoms with E-state index in [0.29, 0.717) is 6.07 Å². The lowest BCUT2D eigenvalue weighted by atomic mass is 10.1. The van der Waals surface area contributed by atoms with Crippen LogP contribution in [0.5, 0.6) is 0 Å². The molecule has 1 unspecified atom stereocenters. The Kier molecular flexibility index (Phi) is 4.97. The molecule has 0 radical (unpaired) electrons. The SMILES string of the molecule is CC(N[S@@](=O)C(C)(C)C)c1ccc(C(F)(F)F)cc1F. The Morgan fingerprint density at radius 3 is 2.15 bits per heavy atom. The van der Waals surface area contributed by atoms with Crippen LogP contribution in [-0.2, 0) is 17.2 Å². The average Bonchev–Trinajstić information content (AvgIpc) is 2.25. The molecule has 0 aliphatic heterocycles. The standard InChI is InChI=1S/C13H17F4NOS/c1-8(18-20(19)12(2,3)4)10-6-5-9(7-11(10)14)13(15,16)17/h5-8,18H,1-4H3/t8?,20-/m0/s1. The topological polar surface area (TPSA) is 29.1 Å². The van der Waals surface area contributed by atoms with Gasteiger partial charge in [-0.15, -0.1) is 0 Å². The van der Waals surface area contributed by atoms with E-state index >= 15 is 0 Å². The summed E-state index contributed by atoms with van der Waals surface area (Å²) >= 11 is 0. The van der Waals surface area contributed by atoms with Crippen molar-refractivity contribution in [2.45, 2.75) is 44.7 Å². The van der Waals surface area contributed by atoms with Crippen molar-refractivity contribution in [1.29, 1.82) is 0 Å². The summed E-state index contributed by atoms with van der Waals surface area (Å²) in [5, 5.41) is 0. The molecule has 0 aliphatic rings. The maximum absolute atomic E-state index is 13.7. The van der Waals surface area contributed by atoms with E-state index < -0.39 is 39.3 Å². The zero-order valence-electron chi connectivity index (χ0n) is 11.6. The number of hydrogen-bond acceptors (Lipinski definition) is 1. The summed E-state index contributed by atoms with van der Waals surface area (Å²) < 4.78 is 65.1. The number of nitrogens with one attached hydrogen (secondary N) is 1. The van der Waals surface area contributed by atoms with Gasteiger partial charge in [0.05, 0.1) is 21.3 Å². The molecule has 1 N–H and O–H groups in total. The summed E-state index contributed by atoms with van der Waals surface area (Å²) in [6, 6.07) is 1.68. The predicted octanol–water partition coefficient (Wildman–Crippen LogP) is 3.96. The quantitative estimate of drug-likeness (QED) is 0.841. The Morgan fingerprint density at radius 1 is 1.20 bits per heavy atom. The van der Waals surface area contributed by atoms with Crippen LogP contribution in [0.3, 0.4) is 0 Å². The van der Waals surface area contributed by atoms with Gasteiger partial charge in [0.2, 0.25) is 0 Å². The third-order valence-electron chi connectivity index (χ3n) is 2.63. The number of alkyl halides is 3. The molecule has 114 valence electrons. The van der Waals surface area contributed by atoms with Crippen LogP contribution in [0, 0.1) is 5.82 Å². The van der Waals surface area contributed by atoms with E-state index in [9.17, 15) is 21.8 Å². The third kappa shape index (κ3) is 4.28. The van der Waals surface area contributed by atoms with Crippen LogP contribution in [0.1, 0.15) is 44.9 Å². The zero-order chi connectivity index (χ0) is 15.7. The molecule has 20 heavy (non-hydrogen) atoms. The van der Waals surface area contributed by atoms with E-state index in [4.69, 9.17) is 0 Å². The molecule has 0 saturated heterocycles. The van der Waals surface area contributed by atoms with Crippen LogP contribution in [-0.4, -0.2) is 8.96 Å². The lowest BCUT2D eigenvalue weighted by Crippen LogP contribution is -2.35. The predicted molar refractivity (Wildman–Crippen MR) is 70.8 cm³/mol. The summed E-state index contributed by atoms with van der Waals surface area (Å²) in [7, 11) is -1.44. The minimum absolute atomic E-state index is 0.0515. The van der Waals surface area contributed by atoms with Gasteiger partial charge in [-0.05, 0) is 39.8 Å². The minimum atomic E-state index is -4.58. The molecule has 2 atom stereocenters. The lowest BCUT2D eigenvalue weighted by molar-refractivity contribution is -0.137. The van der Waals surface area contributed by atoms with E-state index in [2.05, 4.69) is 4.72 Å². The normalized spacial score (nSPS) is 16.0. The van der Waals surface area contributed by atoms with Gasteiger partial charge in [0, 0.05) is 11.6 Å². The number of hydrogen-bond donors (Lipinski definition) is 1. The van der Waals surface area contributed by atoms with E-state index in [1.54, 1.807) is 27.7 Å². The molecule has 7 heteroatoms. The molecular weight excluding hydrogens is 294 g/mol.